The second kappa shape index (κ2) is 7.21. The minimum atomic E-state index is -0.620. The molecule has 4 rings (SSSR count). The smallest absolute Gasteiger partial charge is 0.145 e. The summed E-state index contributed by atoms with van der Waals surface area (Å²) in [5.41, 5.74) is 5.88. The third kappa shape index (κ3) is 3.39. The molecule has 26 heavy (non-hydrogen) atoms. The SMILES string of the molecule is CNc1cn2c(-c3ccc(CN4CCS(=O)CC4)cc3C)cccc2n1. The van der Waals surface area contributed by atoms with Crippen LogP contribution in [0.2, 0.25) is 0 Å². The summed E-state index contributed by atoms with van der Waals surface area (Å²) >= 11 is 0. The van der Waals surface area contributed by atoms with Crippen molar-refractivity contribution < 1.29 is 4.21 Å². The zero-order valence-electron chi connectivity index (χ0n) is 15.2. The monoisotopic (exact) mass is 368 g/mol. The predicted octanol–water partition coefficient (Wildman–Crippen LogP) is 2.92. The average molecular weight is 369 g/mol. The highest BCUT2D eigenvalue weighted by Gasteiger charge is 2.16. The van der Waals surface area contributed by atoms with Crippen LogP contribution in [0.1, 0.15) is 11.1 Å². The van der Waals surface area contributed by atoms with E-state index in [0.29, 0.717) is 0 Å². The molecule has 0 spiro atoms. The van der Waals surface area contributed by atoms with E-state index in [9.17, 15) is 4.21 Å². The maximum Gasteiger partial charge on any atom is 0.145 e. The number of aromatic nitrogens is 2. The Hall–Kier alpha value is -2.18. The molecule has 136 valence electrons. The molecule has 1 aliphatic heterocycles. The molecular weight excluding hydrogens is 344 g/mol. The molecule has 0 bridgehead atoms. The van der Waals surface area contributed by atoms with Gasteiger partial charge in [0.05, 0.1) is 11.9 Å². The molecule has 2 aromatic heterocycles. The normalized spacial score (nSPS) is 16.2. The first-order valence-electron chi connectivity index (χ1n) is 8.97. The zero-order chi connectivity index (χ0) is 18.1. The van der Waals surface area contributed by atoms with Gasteiger partial charge >= 0.3 is 0 Å². The van der Waals surface area contributed by atoms with Crippen molar-refractivity contribution in [2.75, 3.05) is 37.0 Å². The molecule has 6 heteroatoms. The van der Waals surface area contributed by atoms with Crippen molar-refractivity contribution in [2.24, 2.45) is 0 Å². The van der Waals surface area contributed by atoms with E-state index in [-0.39, 0.29) is 0 Å². The summed E-state index contributed by atoms with van der Waals surface area (Å²) in [7, 11) is 1.27. The Bertz CT molecular complexity index is 956. The lowest BCUT2D eigenvalue weighted by Gasteiger charge is -2.26. The van der Waals surface area contributed by atoms with Gasteiger partial charge in [-0.15, -0.1) is 0 Å². The van der Waals surface area contributed by atoms with Gasteiger partial charge in [-0.3, -0.25) is 13.5 Å². The van der Waals surface area contributed by atoms with Crippen LogP contribution >= 0.6 is 0 Å². The first kappa shape index (κ1) is 17.2. The maximum atomic E-state index is 11.5. The molecule has 0 unspecified atom stereocenters. The molecular formula is C20H24N4OS. The van der Waals surface area contributed by atoms with Gasteiger partial charge in [0.2, 0.25) is 0 Å². The first-order valence-corrected chi connectivity index (χ1v) is 10.5. The van der Waals surface area contributed by atoms with Gasteiger partial charge < -0.3 is 5.32 Å². The van der Waals surface area contributed by atoms with Crippen LogP contribution in [-0.2, 0) is 17.3 Å². The Balaban J connectivity index is 1.62. The number of fused-ring (bicyclic) bond motifs is 1. The van der Waals surface area contributed by atoms with Crippen molar-refractivity contribution in [2.45, 2.75) is 13.5 Å². The van der Waals surface area contributed by atoms with E-state index in [1.165, 1.54) is 16.7 Å². The van der Waals surface area contributed by atoms with Crippen LogP contribution in [0.4, 0.5) is 5.82 Å². The Labute approximate surface area is 156 Å². The summed E-state index contributed by atoms with van der Waals surface area (Å²) in [4.78, 5) is 6.96. The summed E-state index contributed by atoms with van der Waals surface area (Å²) in [5.74, 6) is 2.47. The van der Waals surface area contributed by atoms with E-state index in [2.05, 4.69) is 56.9 Å². The Morgan fingerprint density at radius 3 is 2.73 bits per heavy atom. The number of aryl methyl sites for hydroxylation is 1. The molecule has 0 aliphatic carbocycles. The van der Waals surface area contributed by atoms with Crippen LogP contribution in [0.3, 0.4) is 0 Å². The molecule has 1 saturated heterocycles. The molecule has 0 radical (unpaired) electrons. The molecule has 1 aliphatic rings. The summed E-state index contributed by atoms with van der Waals surface area (Å²) in [5, 5.41) is 3.11. The summed E-state index contributed by atoms with van der Waals surface area (Å²) in [6.45, 7) is 4.94. The lowest BCUT2D eigenvalue weighted by Crippen LogP contribution is -2.37. The molecule has 1 aromatic carbocycles. The van der Waals surface area contributed by atoms with E-state index in [0.717, 1.165) is 48.3 Å². The highest BCUT2D eigenvalue weighted by atomic mass is 32.2. The molecule has 0 saturated carbocycles. The minimum absolute atomic E-state index is 0.620. The fourth-order valence-electron chi connectivity index (χ4n) is 3.55. The zero-order valence-corrected chi connectivity index (χ0v) is 16.1. The third-order valence-corrected chi connectivity index (χ3v) is 6.27. The number of nitrogens with zero attached hydrogens (tertiary/aromatic N) is 3. The van der Waals surface area contributed by atoms with Crippen molar-refractivity contribution in [1.29, 1.82) is 0 Å². The van der Waals surface area contributed by atoms with Crippen molar-refractivity contribution in [3.8, 4) is 11.3 Å². The van der Waals surface area contributed by atoms with E-state index >= 15 is 0 Å². The number of hydrogen-bond acceptors (Lipinski definition) is 4. The molecule has 0 amide bonds. The number of rotatable bonds is 4. The fraction of sp³-hybridized carbons (Fsp3) is 0.350. The maximum absolute atomic E-state index is 11.5. The lowest BCUT2D eigenvalue weighted by molar-refractivity contribution is 0.291. The number of imidazole rings is 1. The Morgan fingerprint density at radius 1 is 1.19 bits per heavy atom. The third-order valence-electron chi connectivity index (χ3n) is 4.99. The van der Waals surface area contributed by atoms with E-state index in [1.807, 2.05) is 19.3 Å². The number of benzene rings is 1. The van der Waals surface area contributed by atoms with Crippen molar-refractivity contribution in [3.63, 3.8) is 0 Å². The molecule has 3 heterocycles. The quantitative estimate of drug-likeness (QED) is 0.769. The standard InChI is InChI=1S/C20H24N4OS/c1-15-12-16(13-23-8-10-26(25)11-9-23)6-7-17(15)18-4-3-5-20-22-19(21-2)14-24(18)20/h3-7,12,14,21H,8-11,13H2,1-2H3. The van der Waals surface area contributed by atoms with Crippen molar-refractivity contribution >= 4 is 22.3 Å². The second-order valence-corrected chi connectivity index (χ2v) is 8.49. The molecule has 1 N–H and O–H groups in total. The molecule has 3 aromatic rings. The number of anilines is 1. The van der Waals surface area contributed by atoms with Gasteiger partial charge in [0, 0.05) is 54.6 Å². The van der Waals surface area contributed by atoms with Gasteiger partial charge in [-0.05, 0) is 30.2 Å². The van der Waals surface area contributed by atoms with Crippen molar-refractivity contribution in [3.05, 3.63) is 53.7 Å². The first-order chi connectivity index (χ1) is 12.6. The van der Waals surface area contributed by atoms with Crippen LogP contribution in [-0.4, -0.2) is 50.1 Å². The van der Waals surface area contributed by atoms with Crippen LogP contribution in [0.25, 0.3) is 16.9 Å². The molecule has 0 atom stereocenters. The van der Waals surface area contributed by atoms with E-state index in [1.54, 1.807) is 0 Å². The second-order valence-electron chi connectivity index (χ2n) is 6.79. The number of hydrogen-bond donors (Lipinski definition) is 1. The van der Waals surface area contributed by atoms with Gasteiger partial charge in [0.25, 0.3) is 0 Å². The van der Waals surface area contributed by atoms with Gasteiger partial charge in [0.1, 0.15) is 11.5 Å². The predicted molar refractivity (Wildman–Crippen MR) is 108 cm³/mol. The average Bonchev–Trinajstić information content (AvgIpc) is 3.07. The van der Waals surface area contributed by atoms with Crippen LogP contribution in [0.5, 0.6) is 0 Å². The highest BCUT2D eigenvalue weighted by Crippen LogP contribution is 2.27. The minimum Gasteiger partial charge on any atom is -0.372 e. The lowest BCUT2D eigenvalue weighted by atomic mass is 10.0. The fourth-order valence-corrected chi connectivity index (χ4v) is 4.68. The highest BCUT2D eigenvalue weighted by molar-refractivity contribution is 7.85. The Morgan fingerprint density at radius 2 is 2.00 bits per heavy atom. The van der Waals surface area contributed by atoms with Gasteiger partial charge in [0.15, 0.2) is 0 Å². The van der Waals surface area contributed by atoms with Crippen LogP contribution in [0.15, 0.2) is 42.6 Å². The van der Waals surface area contributed by atoms with E-state index < -0.39 is 10.8 Å². The largest absolute Gasteiger partial charge is 0.372 e. The summed E-state index contributed by atoms with van der Waals surface area (Å²) in [6, 6.07) is 12.9. The topological polar surface area (TPSA) is 49.6 Å². The van der Waals surface area contributed by atoms with Crippen LogP contribution < -0.4 is 5.32 Å². The summed E-state index contributed by atoms with van der Waals surface area (Å²) in [6.07, 6.45) is 2.03. The Kier molecular flexibility index (Phi) is 4.78. The number of pyridine rings is 1. The number of nitrogens with one attached hydrogen (secondary N) is 1. The van der Waals surface area contributed by atoms with Gasteiger partial charge in [-0.1, -0.05) is 24.3 Å². The molecule has 5 nitrogen and oxygen atoms in total. The van der Waals surface area contributed by atoms with E-state index in [4.69, 9.17) is 0 Å². The van der Waals surface area contributed by atoms with Gasteiger partial charge in [-0.2, -0.15) is 0 Å². The summed E-state index contributed by atoms with van der Waals surface area (Å²) < 4.78 is 13.7. The van der Waals surface area contributed by atoms with Crippen molar-refractivity contribution in [1.82, 2.24) is 14.3 Å². The van der Waals surface area contributed by atoms with Crippen LogP contribution in [0, 0.1) is 6.92 Å². The molecule has 1 fully saturated rings. The van der Waals surface area contributed by atoms with Gasteiger partial charge in [-0.25, -0.2) is 4.98 Å².